The van der Waals surface area contributed by atoms with E-state index in [0.717, 1.165) is 42.9 Å². The molecule has 0 unspecified atom stereocenters. The first-order valence-electron chi connectivity index (χ1n) is 6.90. The lowest BCUT2D eigenvalue weighted by Gasteiger charge is -2.50. The van der Waals surface area contributed by atoms with Gasteiger partial charge in [0.2, 0.25) is 0 Å². The van der Waals surface area contributed by atoms with Crippen LogP contribution in [0.25, 0.3) is 0 Å². The van der Waals surface area contributed by atoms with Gasteiger partial charge in [0.15, 0.2) is 0 Å². The largest absolute Gasteiger partial charge is 0.497 e. The van der Waals surface area contributed by atoms with Crippen LogP contribution in [0.1, 0.15) is 37.8 Å². The predicted molar refractivity (Wildman–Crippen MR) is 72.5 cm³/mol. The SMILES string of the molecule is CCOC1CC2(C1)C[C@H](N)c1ccc(OC)cc1O2. The summed E-state index contributed by atoms with van der Waals surface area (Å²) >= 11 is 0. The monoisotopic (exact) mass is 263 g/mol. The number of hydrogen-bond donors (Lipinski definition) is 1. The molecule has 0 radical (unpaired) electrons. The van der Waals surface area contributed by atoms with E-state index in [-0.39, 0.29) is 11.6 Å². The third-order valence-electron chi connectivity index (χ3n) is 4.14. The van der Waals surface area contributed by atoms with Crippen molar-refractivity contribution in [1.29, 1.82) is 0 Å². The summed E-state index contributed by atoms with van der Waals surface area (Å²) in [5, 5.41) is 0. The second-order valence-corrected chi connectivity index (χ2v) is 5.49. The molecule has 1 fully saturated rings. The van der Waals surface area contributed by atoms with Crippen molar-refractivity contribution in [2.75, 3.05) is 13.7 Å². The molecular formula is C15H21NO3. The lowest BCUT2D eigenvalue weighted by atomic mass is 9.71. The van der Waals surface area contributed by atoms with Gasteiger partial charge in [0.1, 0.15) is 17.1 Å². The minimum absolute atomic E-state index is 0.0391. The summed E-state index contributed by atoms with van der Waals surface area (Å²) in [5.41, 5.74) is 7.23. The summed E-state index contributed by atoms with van der Waals surface area (Å²) < 4.78 is 17.1. The Morgan fingerprint density at radius 2 is 2.16 bits per heavy atom. The van der Waals surface area contributed by atoms with Gasteiger partial charge in [0.25, 0.3) is 0 Å². The zero-order valence-electron chi connectivity index (χ0n) is 11.5. The first-order chi connectivity index (χ1) is 9.15. The number of benzene rings is 1. The van der Waals surface area contributed by atoms with Crippen LogP contribution in [0.5, 0.6) is 11.5 Å². The average Bonchev–Trinajstić information content (AvgIpc) is 2.36. The van der Waals surface area contributed by atoms with E-state index in [4.69, 9.17) is 19.9 Å². The molecule has 0 bridgehead atoms. The van der Waals surface area contributed by atoms with Crippen molar-refractivity contribution in [2.24, 2.45) is 5.73 Å². The first kappa shape index (κ1) is 12.8. The van der Waals surface area contributed by atoms with Gasteiger partial charge in [-0.25, -0.2) is 0 Å². The lowest BCUT2D eigenvalue weighted by Crippen LogP contribution is -2.55. The maximum Gasteiger partial charge on any atom is 0.128 e. The third kappa shape index (κ3) is 2.19. The number of ether oxygens (including phenoxy) is 3. The molecule has 1 spiro atoms. The Labute approximate surface area is 113 Å². The quantitative estimate of drug-likeness (QED) is 0.910. The van der Waals surface area contributed by atoms with Crippen LogP contribution in [0, 0.1) is 0 Å². The molecule has 4 heteroatoms. The van der Waals surface area contributed by atoms with Crippen LogP contribution in [0.15, 0.2) is 18.2 Å². The molecule has 4 nitrogen and oxygen atoms in total. The summed E-state index contributed by atoms with van der Waals surface area (Å²) in [4.78, 5) is 0. The summed E-state index contributed by atoms with van der Waals surface area (Å²) in [7, 11) is 1.66. The molecule has 1 aliphatic carbocycles. The van der Waals surface area contributed by atoms with Crippen LogP contribution in [0.3, 0.4) is 0 Å². The molecule has 1 atom stereocenters. The van der Waals surface area contributed by atoms with Crippen molar-refractivity contribution >= 4 is 0 Å². The molecule has 2 aliphatic rings. The van der Waals surface area contributed by atoms with Crippen LogP contribution in [0.4, 0.5) is 0 Å². The van der Waals surface area contributed by atoms with Gasteiger partial charge in [-0.15, -0.1) is 0 Å². The van der Waals surface area contributed by atoms with Gasteiger partial charge >= 0.3 is 0 Å². The Kier molecular flexibility index (Phi) is 3.15. The van der Waals surface area contributed by atoms with Crippen molar-refractivity contribution in [3.05, 3.63) is 23.8 Å². The molecule has 1 heterocycles. The predicted octanol–water partition coefficient (Wildman–Crippen LogP) is 2.42. The van der Waals surface area contributed by atoms with Crippen LogP contribution in [-0.2, 0) is 4.74 Å². The fourth-order valence-electron chi connectivity index (χ4n) is 3.20. The molecule has 0 amide bonds. The van der Waals surface area contributed by atoms with Crippen molar-refractivity contribution < 1.29 is 14.2 Å². The fraction of sp³-hybridized carbons (Fsp3) is 0.600. The molecule has 1 aromatic rings. The molecule has 0 aromatic heterocycles. The van der Waals surface area contributed by atoms with Gasteiger partial charge in [-0.05, 0) is 13.0 Å². The second-order valence-electron chi connectivity index (χ2n) is 5.49. The van der Waals surface area contributed by atoms with E-state index in [1.165, 1.54) is 0 Å². The van der Waals surface area contributed by atoms with E-state index >= 15 is 0 Å². The fourth-order valence-corrected chi connectivity index (χ4v) is 3.20. The van der Waals surface area contributed by atoms with Gasteiger partial charge in [-0.3, -0.25) is 0 Å². The standard InChI is InChI=1S/C15H21NO3/c1-3-18-11-7-15(8-11)9-13(16)12-5-4-10(17-2)6-14(12)19-15/h4-6,11,13H,3,7-9,16H2,1-2H3/t11?,13-,15?/m0/s1. The van der Waals surface area contributed by atoms with Gasteiger partial charge < -0.3 is 19.9 Å². The maximum atomic E-state index is 6.28. The molecule has 1 aromatic carbocycles. The third-order valence-corrected chi connectivity index (χ3v) is 4.14. The van der Waals surface area contributed by atoms with E-state index in [1.54, 1.807) is 7.11 Å². The highest BCUT2D eigenvalue weighted by molar-refractivity contribution is 5.45. The summed E-state index contributed by atoms with van der Waals surface area (Å²) in [6.45, 7) is 2.79. The van der Waals surface area contributed by atoms with Gasteiger partial charge in [0.05, 0.1) is 13.2 Å². The molecule has 2 N–H and O–H groups in total. The van der Waals surface area contributed by atoms with E-state index < -0.39 is 0 Å². The van der Waals surface area contributed by atoms with Crippen molar-refractivity contribution in [3.63, 3.8) is 0 Å². The molecule has 1 aliphatic heterocycles. The van der Waals surface area contributed by atoms with Gasteiger partial charge in [0, 0.05) is 43.5 Å². The van der Waals surface area contributed by atoms with Crippen LogP contribution in [0.2, 0.25) is 0 Å². The van der Waals surface area contributed by atoms with E-state index in [1.807, 2.05) is 25.1 Å². The summed E-state index contributed by atoms with van der Waals surface area (Å²) in [6, 6.07) is 5.91. The Bertz CT molecular complexity index is 468. The number of nitrogens with two attached hydrogens (primary N) is 1. The number of fused-ring (bicyclic) bond motifs is 1. The molecule has 3 rings (SSSR count). The number of methoxy groups -OCH3 is 1. The first-order valence-corrected chi connectivity index (χ1v) is 6.90. The zero-order chi connectivity index (χ0) is 13.5. The Morgan fingerprint density at radius 1 is 1.37 bits per heavy atom. The maximum absolute atomic E-state index is 6.28. The highest BCUT2D eigenvalue weighted by Crippen LogP contribution is 2.49. The smallest absolute Gasteiger partial charge is 0.128 e. The Hall–Kier alpha value is -1.26. The number of hydrogen-bond acceptors (Lipinski definition) is 4. The molecule has 19 heavy (non-hydrogen) atoms. The Balaban J connectivity index is 1.80. The van der Waals surface area contributed by atoms with Crippen LogP contribution in [-0.4, -0.2) is 25.4 Å². The molecule has 104 valence electrons. The van der Waals surface area contributed by atoms with E-state index in [2.05, 4.69) is 0 Å². The summed E-state index contributed by atoms with van der Waals surface area (Å²) in [6.07, 6.45) is 3.07. The van der Waals surface area contributed by atoms with Gasteiger partial charge in [-0.2, -0.15) is 0 Å². The minimum atomic E-state index is -0.126. The average molecular weight is 263 g/mol. The van der Waals surface area contributed by atoms with Crippen LogP contribution >= 0.6 is 0 Å². The van der Waals surface area contributed by atoms with E-state index in [0.29, 0.717) is 6.10 Å². The molecule has 0 saturated heterocycles. The van der Waals surface area contributed by atoms with Crippen LogP contribution < -0.4 is 15.2 Å². The molecular weight excluding hydrogens is 242 g/mol. The highest BCUT2D eigenvalue weighted by atomic mass is 16.5. The Morgan fingerprint density at radius 3 is 2.84 bits per heavy atom. The number of rotatable bonds is 3. The van der Waals surface area contributed by atoms with Crippen molar-refractivity contribution in [3.8, 4) is 11.5 Å². The topological polar surface area (TPSA) is 53.7 Å². The highest BCUT2D eigenvalue weighted by Gasteiger charge is 2.50. The normalized spacial score (nSPS) is 32.4. The summed E-state index contributed by atoms with van der Waals surface area (Å²) in [5.74, 6) is 1.68. The van der Waals surface area contributed by atoms with Gasteiger partial charge in [-0.1, -0.05) is 6.07 Å². The minimum Gasteiger partial charge on any atom is -0.497 e. The molecule has 1 saturated carbocycles. The second kappa shape index (κ2) is 4.69. The lowest BCUT2D eigenvalue weighted by molar-refractivity contribution is -0.134. The zero-order valence-corrected chi connectivity index (χ0v) is 11.5. The van der Waals surface area contributed by atoms with E-state index in [9.17, 15) is 0 Å². The van der Waals surface area contributed by atoms with Crippen molar-refractivity contribution in [2.45, 2.75) is 43.9 Å². The van der Waals surface area contributed by atoms with Crippen molar-refractivity contribution in [1.82, 2.24) is 0 Å².